The van der Waals surface area contributed by atoms with E-state index in [1.807, 2.05) is 44.0 Å². The molecule has 0 fully saturated rings. The summed E-state index contributed by atoms with van der Waals surface area (Å²) >= 11 is 0. The lowest BCUT2D eigenvalue weighted by atomic mass is 10.1. The minimum absolute atomic E-state index is 0.00991. The van der Waals surface area contributed by atoms with Gasteiger partial charge in [-0.25, -0.2) is 0 Å². The second kappa shape index (κ2) is 4.70. The van der Waals surface area contributed by atoms with Crippen molar-refractivity contribution in [3.63, 3.8) is 0 Å². The quantitative estimate of drug-likeness (QED) is 0.766. The fraction of sp³-hybridized carbons (Fsp3) is 0.417. The molecule has 0 bridgehead atoms. The van der Waals surface area contributed by atoms with Crippen molar-refractivity contribution in [3.05, 3.63) is 23.8 Å². The summed E-state index contributed by atoms with van der Waals surface area (Å²) in [7, 11) is 1.95. The molecule has 0 aromatic heterocycles. The second-order valence-corrected chi connectivity index (χ2v) is 3.97. The highest BCUT2D eigenvalue weighted by Gasteiger charge is 2.08. The molecule has 1 aromatic rings. The van der Waals surface area contributed by atoms with E-state index in [0.29, 0.717) is 6.54 Å². The Morgan fingerprint density at radius 2 is 2.20 bits per heavy atom. The second-order valence-electron chi connectivity index (χ2n) is 3.97. The van der Waals surface area contributed by atoms with Gasteiger partial charge in [0, 0.05) is 13.6 Å². The van der Waals surface area contributed by atoms with Crippen LogP contribution in [0.1, 0.15) is 12.5 Å². The third-order valence-electron chi connectivity index (χ3n) is 2.36. The first kappa shape index (κ1) is 11.4. The van der Waals surface area contributed by atoms with Gasteiger partial charge in [-0.1, -0.05) is 6.07 Å². The Bertz CT molecular complexity index is 379. The Balaban J connectivity index is 2.83. The molecular formula is C12H17N3. The van der Waals surface area contributed by atoms with Crippen molar-refractivity contribution in [2.45, 2.75) is 13.8 Å². The molecule has 3 nitrogen and oxygen atoms in total. The zero-order valence-corrected chi connectivity index (χ0v) is 9.49. The zero-order valence-electron chi connectivity index (χ0n) is 9.49. The van der Waals surface area contributed by atoms with Crippen LogP contribution in [0.2, 0.25) is 0 Å². The topological polar surface area (TPSA) is 53.0 Å². The highest BCUT2D eigenvalue weighted by Crippen LogP contribution is 2.23. The minimum atomic E-state index is 0.00991. The molecule has 1 aromatic carbocycles. The summed E-state index contributed by atoms with van der Waals surface area (Å²) in [4.78, 5) is 2.02. The molecule has 1 rings (SSSR count). The average molecular weight is 203 g/mol. The normalized spacial score (nSPS) is 11.9. The van der Waals surface area contributed by atoms with E-state index in [2.05, 4.69) is 6.07 Å². The molecule has 80 valence electrons. The summed E-state index contributed by atoms with van der Waals surface area (Å²) in [5.41, 5.74) is 8.82. The molecule has 0 aliphatic heterocycles. The number of hydrogen-bond acceptors (Lipinski definition) is 3. The standard InChI is InChI=1S/C12H17N3/c1-9-4-5-12(11(14)6-9)15(3)8-10(2)7-13/h4-6,10H,8,14H2,1-3H3. The van der Waals surface area contributed by atoms with Crippen LogP contribution in [0.25, 0.3) is 0 Å². The maximum atomic E-state index is 8.74. The van der Waals surface area contributed by atoms with E-state index >= 15 is 0 Å². The molecule has 3 heteroatoms. The maximum absolute atomic E-state index is 8.74. The Hall–Kier alpha value is -1.69. The molecule has 0 heterocycles. The van der Waals surface area contributed by atoms with E-state index in [4.69, 9.17) is 11.0 Å². The largest absolute Gasteiger partial charge is 0.397 e. The average Bonchev–Trinajstić information content (AvgIpc) is 2.17. The number of anilines is 2. The molecule has 15 heavy (non-hydrogen) atoms. The molecular weight excluding hydrogens is 186 g/mol. The lowest BCUT2D eigenvalue weighted by Gasteiger charge is -2.22. The van der Waals surface area contributed by atoms with Crippen LogP contribution in [0.4, 0.5) is 11.4 Å². The van der Waals surface area contributed by atoms with Gasteiger partial charge in [0.25, 0.3) is 0 Å². The highest BCUT2D eigenvalue weighted by atomic mass is 15.1. The molecule has 1 unspecified atom stereocenters. The van der Waals surface area contributed by atoms with Crippen LogP contribution in [-0.2, 0) is 0 Å². The zero-order chi connectivity index (χ0) is 11.4. The van der Waals surface area contributed by atoms with Gasteiger partial charge in [-0.2, -0.15) is 5.26 Å². The SMILES string of the molecule is Cc1ccc(N(C)CC(C)C#N)c(N)c1. The monoisotopic (exact) mass is 203 g/mol. The summed E-state index contributed by atoms with van der Waals surface area (Å²) in [6.07, 6.45) is 0. The summed E-state index contributed by atoms with van der Waals surface area (Å²) in [6.45, 7) is 4.61. The Morgan fingerprint density at radius 1 is 1.53 bits per heavy atom. The van der Waals surface area contributed by atoms with Gasteiger partial charge in [0.15, 0.2) is 0 Å². The van der Waals surface area contributed by atoms with E-state index in [9.17, 15) is 0 Å². The number of aryl methyl sites for hydroxylation is 1. The van der Waals surface area contributed by atoms with Gasteiger partial charge in [0.1, 0.15) is 0 Å². The van der Waals surface area contributed by atoms with Crippen molar-refractivity contribution < 1.29 is 0 Å². The number of nitriles is 1. The van der Waals surface area contributed by atoms with E-state index in [0.717, 1.165) is 16.9 Å². The Kier molecular flexibility index (Phi) is 3.56. The molecule has 0 spiro atoms. The lowest BCUT2D eigenvalue weighted by Crippen LogP contribution is -2.24. The van der Waals surface area contributed by atoms with Crippen LogP contribution in [0.5, 0.6) is 0 Å². The van der Waals surface area contributed by atoms with Crippen LogP contribution in [-0.4, -0.2) is 13.6 Å². The lowest BCUT2D eigenvalue weighted by molar-refractivity contribution is 0.717. The molecule has 0 saturated heterocycles. The third kappa shape index (κ3) is 2.88. The van der Waals surface area contributed by atoms with Crippen LogP contribution in [0, 0.1) is 24.2 Å². The van der Waals surface area contributed by atoms with Gasteiger partial charge in [-0.15, -0.1) is 0 Å². The van der Waals surface area contributed by atoms with Gasteiger partial charge in [0.05, 0.1) is 23.4 Å². The van der Waals surface area contributed by atoms with Crippen LogP contribution < -0.4 is 10.6 Å². The predicted octanol–water partition coefficient (Wildman–Crippen LogP) is 2.17. The Labute approximate surface area is 91.1 Å². The highest BCUT2D eigenvalue weighted by molar-refractivity contribution is 5.68. The molecule has 2 N–H and O–H groups in total. The summed E-state index contributed by atoms with van der Waals surface area (Å²) in [5, 5.41) is 8.74. The fourth-order valence-corrected chi connectivity index (χ4v) is 1.57. The number of nitrogen functional groups attached to an aromatic ring is 1. The van der Waals surface area contributed by atoms with Gasteiger partial charge in [-0.05, 0) is 31.5 Å². The number of rotatable bonds is 3. The van der Waals surface area contributed by atoms with Crippen molar-refractivity contribution >= 4 is 11.4 Å². The molecule has 0 radical (unpaired) electrons. The van der Waals surface area contributed by atoms with Gasteiger partial charge >= 0.3 is 0 Å². The molecule has 0 aliphatic carbocycles. The first-order valence-electron chi connectivity index (χ1n) is 5.01. The number of nitrogens with zero attached hydrogens (tertiary/aromatic N) is 2. The van der Waals surface area contributed by atoms with Gasteiger partial charge < -0.3 is 10.6 Å². The minimum Gasteiger partial charge on any atom is -0.397 e. The van der Waals surface area contributed by atoms with E-state index in [-0.39, 0.29) is 5.92 Å². The van der Waals surface area contributed by atoms with Crippen molar-refractivity contribution in [2.75, 3.05) is 24.2 Å². The number of benzene rings is 1. The smallest absolute Gasteiger partial charge is 0.0671 e. The Morgan fingerprint density at radius 3 is 2.73 bits per heavy atom. The maximum Gasteiger partial charge on any atom is 0.0671 e. The van der Waals surface area contributed by atoms with Gasteiger partial charge in [0.2, 0.25) is 0 Å². The van der Waals surface area contributed by atoms with Crippen molar-refractivity contribution in [1.29, 1.82) is 5.26 Å². The predicted molar refractivity (Wildman–Crippen MR) is 63.6 cm³/mol. The molecule has 0 saturated carbocycles. The van der Waals surface area contributed by atoms with Crippen molar-refractivity contribution in [1.82, 2.24) is 0 Å². The van der Waals surface area contributed by atoms with Crippen molar-refractivity contribution in [3.8, 4) is 6.07 Å². The molecule has 0 amide bonds. The fourth-order valence-electron chi connectivity index (χ4n) is 1.57. The first-order valence-corrected chi connectivity index (χ1v) is 5.01. The first-order chi connectivity index (χ1) is 7.04. The van der Waals surface area contributed by atoms with E-state index in [1.54, 1.807) is 0 Å². The van der Waals surface area contributed by atoms with Crippen LogP contribution in [0.3, 0.4) is 0 Å². The number of nitrogens with two attached hydrogens (primary N) is 1. The number of hydrogen-bond donors (Lipinski definition) is 1. The molecule has 0 aliphatic rings. The summed E-state index contributed by atoms with van der Waals surface area (Å²) < 4.78 is 0. The van der Waals surface area contributed by atoms with Crippen LogP contribution in [0.15, 0.2) is 18.2 Å². The van der Waals surface area contributed by atoms with Crippen molar-refractivity contribution in [2.24, 2.45) is 5.92 Å². The van der Waals surface area contributed by atoms with Gasteiger partial charge in [-0.3, -0.25) is 0 Å². The van der Waals surface area contributed by atoms with E-state index in [1.165, 1.54) is 0 Å². The summed E-state index contributed by atoms with van der Waals surface area (Å²) in [6, 6.07) is 8.18. The van der Waals surface area contributed by atoms with E-state index < -0.39 is 0 Å². The summed E-state index contributed by atoms with van der Waals surface area (Å²) in [5.74, 6) is 0.00991. The molecule has 1 atom stereocenters. The third-order valence-corrected chi connectivity index (χ3v) is 2.36. The van der Waals surface area contributed by atoms with Crippen LogP contribution >= 0.6 is 0 Å².